The van der Waals surface area contributed by atoms with Crippen molar-refractivity contribution in [1.29, 1.82) is 0 Å². The van der Waals surface area contributed by atoms with Gasteiger partial charge in [0.15, 0.2) is 0 Å². The molecule has 19 heavy (non-hydrogen) atoms. The number of benzene rings is 1. The number of hydrogen-bond donors (Lipinski definition) is 2. The average Bonchev–Trinajstić information content (AvgIpc) is 2.38. The molecule has 0 saturated heterocycles. The summed E-state index contributed by atoms with van der Waals surface area (Å²) in [6, 6.07) is 6.73. The molecule has 4 nitrogen and oxygen atoms in total. The van der Waals surface area contributed by atoms with Gasteiger partial charge in [0.25, 0.3) is 0 Å². The third-order valence-electron chi connectivity index (χ3n) is 3.38. The Morgan fingerprint density at radius 3 is 2.42 bits per heavy atom. The van der Waals surface area contributed by atoms with Crippen molar-refractivity contribution in [1.82, 2.24) is 4.72 Å². The van der Waals surface area contributed by atoms with Crippen molar-refractivity contribution in [2.45, 2.75) is 44.6 Å². The van der Waals surface area contributed by atoms with Gasteiger partial charge in [-0.05, 0) is 30.5 Å². The molecule has 5 heteroatoms. The highest BCUT2D eigenvalue weighted by Crippen LogP contribution is 2.14. The fraction of sp³-hybridized carbons (Fsp3) is 0.571. The summed E-state index contributed by atoms with van der Waals surface area (Å²) >= 11 is 0. The minimum Gasteiger partial charge on any atom is -0.391 e. The third-order valence-corrected chi connectivity index (χ3v) is 4.80. The highest BCUT2D eigenvalue weighted by molar-refractivity contribution is 7.89. The lowest BCUT2D eigenvalue weighted by atomic mass is 9.97. The summed E-state index contributed by atoms with van der Waals surface area (Å²) in [6.07, 6.45) is 1.03. The molecular weight excluding hydrogens is 262 g/mol. The molecule has 0 radical (unpaired) electrons. The second-order valence-electron chi connectivity index (χ2n) is 4.81. The van der Waals surface area contributed by atoms with E-state index in [1.54, 1.807) is 18.2 Å². The van der Waals surface area contributed by atoms with E-state index in [0.29, 0.717) is 0 Å². The average molecular weight is 285 g/mol. The zero-order valence-corrected chi connectivity index (χ0v) is 12.6. The summed E-state index contributed by atoms with van der Waals surface area (Å²) in [5, 5.41) is 9.95. The predicted octanol–water partition coefficient (Wildman–Crippen LogP) is 2.07. The summed E-state index contributed by atoms with van der Waals surface area (Å²) < 4.78 is 26.6. The van der Waals surface area contributed by atoms with Crippen LogP contribution in [0.15, 0.2) is 29.2 Å². The van der Waals surface area contributed by atoms with Gasteiger partial charge < -0.3 is 5.11 Å². The minimum atomic E-state index is -3.54. The number of rotatable bonds is 7. The van der Waals surface area contributed by atoms with Gasteiger partial charge in [0.05, 0.1) is 11.0 Å². The van der Waals surface area contributed by atoms with Crippen LogP contribution in [0.4, 0.5) is 0 Å². The SMILES string of the molecule is CCC(CC)C(O)CNS(=O)(=O)c1cccc(C)c1. The number of aliphatic hydroxyl groups excluding tert-OH is 1. The maximum atomic E-state index is 12.1. The van der Waals surface area contributed by atoms with Crippen molar-refractivity contribution in [2.75, 3.05) is 6.54 Å². The van der Waals surface area contributed by atoms with Crippen molar-refractivity contribution >= 4 is 10.0 Å². The molecule has 0 spiro atoms. The predicted molar refractivity (Wildman–Crippen MR) is 76.4 cm³/mol. The molecule has 0 aromatic heterocycles. The summed E-state index contributed by atoms with van der Waals surface area (Å²) in [7, 11) is -3.54. The van der Waals surface area contributed by atoms with Gasteiger partial charge in [-0.1, -0.05) is 38.8 Å². The molecule has 1 unspecified atom stereocenters. The van der Waals surface area contributed by atoms with Crippen LogP contribution in [-0.4, -0.2) is 26.2 Å². The van der Waals surface area contributed by atoms with Crippen molar-refractivity contribution in [2.24, 2.45) is 5.92 Å². The smallest absolute Gasteiger partial charge is 0.240 e. The quantitative estimate of drug-likeness (QED) is 0.806. The van der Waals surface area contributed by atoms with Crippen LogP contribution < -0.4 is 4.72 Å². The molecule has 0 heterocycles. The molecule has 1 aromatic carbocycles. The Hall–Kier alpha value is -0.910. The highest BCUT2D eigenvalue weighted by Gasteiger charge is 2.20. The third kappa shape index (κ3) is 4.60. The molecule has 108 valence electrons. The Labute approximate surface area is 115 Å². The second-order valence-corrected chi connectivity index (χ2v) is 6.58. The van der Waals surface area contributed by atoms with Crippen LogP contribution in [0.5, 0.6) is 0 Å². The first-order valence-corrected chi connectivity index (χ1v) is 8.13. The van der Waals surface area contributed by atoms with Crippen LogP contribution in [0.3, 0.4) is 0 Å². The lowest BCUT2D eigenvalue weighted by Crippen LogP contribution is -2.36. The molecule has 0 fully saturated rings. The summed E-state index contributed by atoms with van der Waals surface area (Å²) in [5.74, 6) is 0.125. The first kappa shape index (κ1) is 16.1. The van der Waals surface area contributed by atoms with E-state index in [4.69, 9.17) is 0 Å². The lowest BCUT2D eigenvalue weighted by molar-refractivity contribution is 0.107. The minimum absolute atomic E-state index is 0.0582. The zero-order chi connectivity index (χ0) is 14.5. The van der Waals surface area contributed by atoms with E-state index >= 15 is 0 Å². The molecule has 0 saturated carbocycles. The molecule has 0 amide bonds. The molecule has 0 aliphatic rings. The van der Waals surface area contributed by atoms with E-state index in [2.05, 4.69) is 4.72 Å². The summed E-state index contributed by atoms with van der Waals surface area (Å²) in [6.45, 7) is 5.89. The fourth-order valence-corrected chi connectivity index (χ4v) is 3.22. The number of sulfonamides is 1. The second kappa shape index (κ2) is 7.03. The number of aryl methyl sites for hydroxylation is 1. The molecule has 1 atom stereocenters. The molecule has 1 rings (SSSR count). The Kier molecular flexibility index (Phi) is 5.97. The van der Waals surface area contributed by atoms with Crippen LogP contribution in [0.2, 0.25) is 0 Å². The number of nitrogens with one attached hydrogen (secondary N) is 1. The Morgan fingerprint density at radius 2 is 1.89 bits per heavy atom. The van der Waals surface area contributed by atoms with Crippen LogP contribution in [-0.2, 0) is 10.0 Å². The van der Waals surface area contributed by atoms with Gasteiger partial charge in [-0.2, -0.15) is 0 Å². The Morgan fingerprint density at radius 1 is 1.26 bits per heavy atom. The van der Waals surface area contributed by atoms with Gasteiger partial charge in [-0.25, -0.2) is 13.1 Å². The topological polar surface area (TPSA) is 66.4 Å². The largest absolute Gasteiger partial charge is 0.391 e. The Balaban J connectivity index is 2.71. The van der Waals surface area contributed by atoms with E-state index in [1.165, 1.54) is 0 Å². The monoisotopic (exact) mass is 285 g/mol. The number of hydrogen-bond acceptors (Lipinski definition) is 3. The van der Waals surface area contributed by atoms with E-state index in [1.807, 2.05) is 26.8 Å². The van der Waals surface area contributed by atoms with E-state index < -0.39 is 16.1 Å². The van der Waals surface area contributed by atoms with Gasteiger partial charge in [-0.15, -0.1) is 0 Å². The fourth-order valence-electron chi connectivity index (χ4n) is 2.06. The van der Waals surface area contributed by atoms with Gasteiger partial charge in [0.2, 0.25) is 10.0 Å². The summed E-state index contributed by atoms with van der Waals surface area (Å²) in [4.78, 5) is 0.240. The maximum Gasteiger partial charge on any atom is 0.240 e. The van der Waals surface area contributed by atoms with E-state index in [0.717, 1.165) is 18.4 Å². The van der Waals surface area contributed by atoms with Crippen molar-refractivity contribution in [3.8, 4) is 0 Å². The van der Waals surface area contributed by atoms with Crippen molar-refractivity contribution in [3.05, 3.63) is 29.8 Å². The molecule has 0 aliphatic carbocycles. The van der Waals surface area contributed by atoms with Crippen LogP contribution >= 0.6 is 0 Å². The Bertz CT molecular complexity index is 495. The van der Waals surface area contributed by atoms with E-state index in [-0.39, 0.29) is 17.4 Å². The maximum absolute atomic E-state index is 12.1. The standard InChI is InChI=1S/C14H23NO3S/c1-4-12(5-2)14(16)10-15-19(17,18)13-8-6-7-11(3)9-13/h6-9,12,14-16H,4-5,10H2,1-3H3. The van der Waals surface area contributed by atoms with Crippen molar-refractivity contribution in [3.63, 3.8) is 0 Å². The molecule has 2 N–H and O–H groups in total. The van der Waals surface area contributed by atoms with Crippen LogP contribution in [0, 0.1) is 12.8 Å². The molecule has 1 aromatic rings. The summed E-state index contributed by atoms with van der Waals surface area (Å²) in [5.41, 5.74) is 0.892. The first-order chi connectivity index (χ1) is 8.90. The first-order valence-electron chi connectivity index (χ1n) is 6.65. The van der Waals surface area contributed by atoms with Crippen LogP contribution in [0.1, 0.15) is 32.3 Å². The van der Waals surface area contributed by atoms with Gasteiger partial charge in [-0.3, -0.25) is 0 Å². The highest BCUT2D eigenvalue weighted by atomic mass is 32.2. The van der Waals surface area contributed by atoms with Crippen molar-refractivity contribution < 1.29 is 13.5 Å². The number of aliphatic hydroxyl groups is 1. The lowest BCUT2D eigenvalue weighted by Gasteiger charge is -2.20. The van der Waals surface area contributed by atoms with Gasteiger partial charge in [0.1, 0.15) is 0 Å². The molecule has 0 aliphatic heterocycles. The normalized spacial score (nSPS) is 13.7. The van der Waals surface area contributed by atoms with Crippen LogP contribution in [0.25, 0.3) is 0 Å². The van der Waals surface area contributed by atoms with E-state index in [9.17, 15) is 13.5 Å². The zero-order valence-electron chi connectivity index (χ0n) is 11.8. The molecular formula is C14H23NO3S. The van der Waals surface area contributed by atoms with Gasteiger partial charge in [0, 0.05) is 6.54 Å². The molecule has 0 bridgehead atoms. The van der Waals surface area contributed by atoms with Gasteiger partial charge >= 0.3 is 0 Å².